The molecule has 5 heteroatoms. The molecule has 1 heterocycles. The molecule has 18 heavy (non-hydrogen) atoms. The van der Waals surface area contributed by atoms with Crippen LogP contribution < -0.4 is 5.56 Å². The summed E-state index contributed by atoms with van der Waals surface area (Å²) in [4.78, 5) is 19.2. The van der Waals surface area contributed by atoms with Crippen molar-refractivity contribution in [2.24, 2.45) is 0 Å². The van der Waals surface area contributed by atoms with E-state index < -0.39 is 0 Å². The fourth-order valence-electron chi connectivity index (χ4n) is 1.37. The van der Waals surface area contributed by atoms with E-state index in [9.17, 15) is 4.79 Å². The fourth-order valence-corrected chi connectivity index (χ4v) is 2.15. The summed E-state index contributed by atoms with van der Waals surface area (Å²) in [5.41, 5.74) is 0.871. The van der Waals surface area contributed by atoms with Gasteiger partial charge >= 0.3 is 0 Å². The maximum absolute atomic E-state index is 11.4. The van der Waals surface area contributed by atoms with Gasteiger partial charge in [0.2, 0.25) is 0 Å². The van der Waals surface area contributed by atoms with Gasteiger partial charge in [-0.1, -0.05) is 17.7 Å². The lowest BCUT2D eigenvalue weighted by atomic mass is 10.2. The standard InChI is InChI=1S/C13H11N3OS/c1-9-2-4-11(5-3-9)18-8-12-15-7-10(6-14)13(17)16-12/h2-5,7H,8H2,1H3,(H,15,16,17). The minimum atomic E-state index is -0.382. The van der Waals surface area contributed by atoms with Crippen LogP contribution in [0.1, 0.15) is 17.0 Å². The molecule has 0 spiro atoms. The number of nitrogens with zero attached hydrogens (tertiary/aromatic N) is 2. The Hall–Kier alpha value is -2.06. The van der Waals surface area contributed by atoms with Crippen LogP contribution in [-0.2, 0) is 5.75 Å². The minimum absolute atomic E-state index is 0.0408. The number of benzene rings is 1. The van der Waals surface area contributed by atoms with Gasteiger partial charge in [-0.15, -0.1) is 11.8 Å². The summed E-state index contributed by atoms with van der Waals surface area (Å²) in [7, 11) is 0. The highest BCUT2D eigenvalue weighted by Crippen LogP contribution is 2.20. The molecule has 0 saturated carbocycles. The third kappa shape index (κ3) is 2.99. The molecule has 0 bridgehead atoms. The topological polar surface area (TPSA) is 69.5 Å². The van der Waals surface area contributed by atoms with Gasteiger partial charge in [-0.25, -0.2) is 4.98 Å². The van der Waals surface area contributed by atoms with E-state index in [0.29, 0.717) is 11.6 Å². The van der Waals surface area contributed by atoms with Crippen LogP contribution in [0.4, 0.5) is 0 Å². The summed E-state index contributed by atoms with van der Waals surface area (Å²) in [6.45, 7) is 2.04. The number of hydrogen-bond acceptors (Lipinski definition) is 4. The van der Waals surface area contributed by atoms with Crippen molar-refractivity contribution in [1.29, 1.82) is 5.26 Å². The zero-order valence-electron chi connectivity index (χ0n) is 9.80. The minimum Gasteiger partial charge on any atom is -0.309 e. The normalized spacial score (nSPS) is 10.0. The number of aryl methyl sites for hydroxylation is 1. The number of aromatic nitrogens is 2. The zero-order valence-corrected chi connectivity index (χ0v) is 10.6. The van der Waals surface area contributed by atoms with Gasteiger partial charge in [0, 0.05) is 4.90 Å². The lowest BCUT2D eigenvalue weighted by molar-refractivity contribution is 0.992. The first-order valence-electron chi connectivity index (χ1n) is 5.37. The number of hydrogen-bond donors (Lipinski definition) is 1. The Morgan fingerprint density at radius 3 is 2.72 bits per heavy atom. The Kier molecular flexibility index (Phi) is 3.80. The van der Waals surface area contributed by atoms with Crippen molar-refractivity contribution in [2.75, 3.05) is 0 Å². The summed E-state index contributed by atoms with van der Waals surface area (Å²) in [5.74, 6) is 1.15. The summed E-state index contributed by atoms with van der Waals surface area (Å²) < 4.78 is 0. The molecular weight excluding hydrogens is 246 g/mol. The molecule has 2 rings (SSSR count). The maximum atomic E-state index is 11.4. The van der Waals surface area contributed by atoms with E-state index in [2.05, 4.69) is 9.97 Å². The third-order valence-electron chi connectivity index (χ3n) is 2.37. The number of thioether (sulfide) groups is 1. The van der Waals surface area contributed by atoms with Crippen LogP contribution in [0.15, 0.2) is 40.2 Å². The molecule has 0 fully saturated rings. The van der Waals surface area contributed by atoms with Crippen LogP contribution in [0.5, 0.6) is 0 Å². The largest absolute Gasteiger partial charge is 0.309 e. The Balaban J connectivity index is 2.07. The van der Waals surface area contributed by atoms with Gasteiger partial charge in [0.05, 0.1) is 11.9 Å². The number of aromatic amines is 1. The second kappa shape index (κ2) is 5.52. The SMILES string of the molecule is Cc1ccc(SCc2ncc(C#N)c(=O)[nH]2)cc1. The molecule has 1 N–H and O–H groups in total. The molecule has 0 radical (unpaired) electrons. The molecule has 0 amide bonds. The first-order chi connectivity index (χ1) is 8.69. The molecule has 4 nitrogen and oxygen atoms in total. The highest BCUT2D eigenvalue weighted by Gasteiger charge is 2.02. The molecule has 0 aliphatic carbocycles. The average molecular weight is 257 g/mol. The van der Waals surface area contributed by atoms with Crippen LogP contribution in [0, 0.1) is 18.3 Å². The van der Waals surface area contributed by atoms with Crippen LogP contribution in [0.3, 0.4) is 0 Å². The van der Waals surface area contributed by atoms with E-state index >= 15 is 0 Å². The van der Waals surface area contributed by atoms with Crippen molar-refractivity contribution < 1.29 is 0 Å². The molecular formula is C13H11N3OS. The van der Waals surface area contributed by atoms with Crippen molar-refractivity contribution in [2.45, 2.75) is 17.6 Å². The predicted octanol–water partition coefficient (Wildman–Crippen LogP) is 2.24. The van der Waals surface area contributed by atoms with Gasteiger partial charge in [0.25, 0.3) is 5.56 Å². The average Bonchev–Trinajstić information content (AvgIpc) is 2.38. The van der Waals surface area contributed by atoms with E-state index in [4.69, 9.17) is 5.26 Å². The number of nitrogens with one attached hydrogen (secondary N) is 1. The molecule has 2 aromatic rings. The second-order valence-corrected chi connectivity index (χ2v) is 4.83. The van der Waals surface area contributed by atoms with Gasteiger partial charge in [-0.3, -0.25) is 4.79 Å². The number of nitriles is 1. The summed E-state index contributed by atoms with van der Waals surface area (Å²) in [5, 5.41) is 8.63. The Morgan fingerprint density at radius 1 is 1.39 bits per heavy atom. The van der Waals surface area contributed by atoms with Gasteiger partial charge in [0.15, 0.2) is 0 Å². The van der Waals surface area contributed by atoms with Gasteiger partial charge < -0.3 is 4.98 Å². The number of rotatable bonds is 3. The summed E-state index contributed by atoms with van der Waals surface area (Å²) in [6.07, 6.45) is 1.31. The fraction of sp³-hybridized carbons (Fsp3) is 0.154. The lowest BCUT2D eigenvalue weighted by Crippen LogP contribution is -2.13. The van der Waals surface area contributed by atoms with Crippen molar-refractivity contribution in [3.8, 4) is 6.07 Å². The lowest BCUT2D eigenvalue weighted by Gasteiger charge is -2.01. The van der Waals surface area contributed by atoms with Crippen molar-refractivity contribution in [3.63, 3.8) is 0 Å². The monoisotopic (exact) mass is 257 g/mol. The molecule has 1 aromatic carbocycles. The molecule has 90 valence electrons. The van der Waals surface area contributed by atoms with E-state index in [-0.39, 0.29) is 11.1 Å². The summed E-state index contributed by atoms with van der Waals surface area (Å²) in [6, 6.07) is 9.93. The van der Waals surface area contributed by atoms with E-state index in [1.807, 2.05) is 31.2 Å². The van der Waals surface area contributed by atoms with E-state index in [0.717, 1.165) is 4.90 Å². The number of H-pyrrole nitrogens is 1. The van der Waals surface area contributed by atoms with Crippen molar-refractivity contribution >= 4 is 11.8 Å². The summed E-state index contributed by atoms with van der Waals surface area (Å²) >= 11 is 1.59. The van der Waals surface area contributed by atoms with E-state index in [1.54, 1.807) is 17.8 Å². The van der Waals surface area contributed by atoms with Crippen LogP contribution >= 0.6 is 11.8 Å². The highest BCUT2D eigenvalue weighted by molar-refractivity contribution is 7.98. The zero-order chi connectivity index (χ0) is 13.0. The van der Waals surface area contributed by atoms with Gasteiger partial charge in [-0.2, -0.15) is 5.26 Å². The molecule has 0 unspecified atom stereocenters. The quantitative estimate of drug-likeness (QED) is 0.856. The van der Waals surface area contributed by atoms with E-state index in [1.165, 1.54) is 11.8 Å². The van der Waals surface area contributed by atoms with Gasteiger partial charge in [0.1, 0.15) is 17.5 Å². The molecule has 0 atom stereocenters. The van der Waals surface area contributed by atoms with Crippen LogP contribution in [-0.4, -0.2) is 9.97 Å². The van der Waals surface area contributed by atoms with Crippen molar-refractivity contribution in [3.05, 3.63) is 57.8 Å². The van der Waals surface area contributed by atoms with Crippen LogP contribution in [0.25, 0.3) is 0 Å². The Bertz CT molecular complexity index is 641. The molecule has 0 aliphatic rings. The third-order valence-corrected chi connectivity index (χ3v) is 3.39. The predicted molar refractivity (Wildman–Crippen MR) is 70.3 cm³/mol. The highest BCUT2D eigenvalue weighted by atomic mass is 32.2. The Morgan fingerprint density at radius 2 is 2.11 bits per heavy atom. The first kappa shape index (κ1) is 12.4. The smallest absolute Gasteiger partial charge is 0.268 e. The van der Waals surface area contributed by atoms with Crippen molar-refractivity contribution in [1.82, 2.24) is 9.97 Å². The maximum Gasteiger partial charge on any atom is 0.268 e. The van der Waals surface area contributed by atoms with Gasteiger partial charge in [-0.05, 0) is 19.1 Å². The Labute approximate surface area is 109 Å². The molecule has 0 saturated heterocycles. The first-order valence-corrected chi connectivity index (χ1v) is 6.35. The second-order valence-electron chi connectivity index (χ2n) is 3.79. The van der Waals surface area contributed by atoms with Crippen LogP contribution in [0.2, 0.25) is 0 Å². The molecule has 1 aromatic heterocycles. The molecule has 0 aliphatic heterocycles.